The molecule has 0 unspecified atom stereocenters. The largest absolute Gasteiger partial charge is 0.496 e. The highest BCUT2D eigenvalue weighted by molar-refractivity contribution is 6.00. The van der Waals surface area contributed by atoms with E-state index in [2.05, 4.69) is 5.32 Å². The molecule has 0 bridgehead atoms. The Bertz CT molecular complexity index is 594. The number of aliphatic hydroxyl groups is 1. The predicted molar refractivity (Wildman–Crippen MR) is 75.8 cm³/mol. The molecule has 114 valence electrons. The van der Waals surface area contributed by atoms with Crippen molar-refractivity contribution >= 4 is 11.9 Å². The van der Waals surface area contributed by atoms with Gasteiger partial charge in [-0.3, -0.25) is 4.79 Å². The van der Waals surface area contributed by atoms with Crippen LogP contribution in [0.3, 0.4) is 0 Å². The fourth-order valence-corrected chi connectivity index (χ4v) is 2.43. The number of hydrogen-bond donors (Lipinski definition) is 3. The standard InChI is InChI=1S/C15H19NO5/c1-8-6-11(21-3)10(14(18)19)7-9(8)13(17)16-12-4-5-15(12,2)20/h6-7,12,20H,4-5H2,1-3H3,(H,16,17)(H,18,19)/t12-,15-/m1/s1. The number of carboxylic acid groups (broad SMARTS) is 1. The summed E-state index contributed by atoms with van der Waals surface area (Å²) < 4.78 is 5.02. The van der Waals surface area contributed by atoms with Crippen molar-refractivity contribution in [3.63, 3.8) is 0 Å². The fourth-order valence-electron chi connectivity index (χ4n) is 2.43. The van der Waals surface area contributed by atoms with Gasteiger partial charge in [0.25, 0.3) is 5.91 Å². The first-order valence-electron chi connectivity index (χ1n) is 6.71. The van der Waals surface area contributed by atoms with Crippen LogP contribution < -0.4 is 10.1 Å². The van der Waals surface area contributed by atoms with Crippen LogP contribution in [0.4, 0.5) is 0 Å². The molecule has 1 amide bonds. The van der Waals surface area contributed by atoms with Crippen molar-refractivity contribution in [1.29, 1.82) is 0 Å². The minimum Gasteiger partial charge on any atom is -0.496 e. The topological polar surface area (TPSA) is 95.9 Å². The number of methoxy groups -OCH3 is 1. The van der Waals surface area contributed by atoms with E-state index in [1.807, 2.05) is 0 Å². The van der Waals surface area contributed by atoms with Crippen LogP contribution in [-0.2, 0) is 0 Å². The Balaban J connectivity index is 2.28. The molecule has 2 atom stereocenters. The average molecular weight is 293 g/mol. The quantitative estimate of drug-likeness (QED) is 0.778. The van der Waals surface area contributed by atoms with Crippen LogP contribution in [0.2, 0.25) is 0 Å². The zero-order valence-electron chi connectivity index (χ0n) is 12.3. The molecule has 0 aromatic heterocycles. The highest BCUT2D eigenvalue weighted by Crippen LogP contribution is 2.32. The third-order valence-corrected chi connectivity index (χ3v) is 4.02. The van der Waals surface area contributed by atoms with E-state index in [0.717, 1.165) is 0 Å². The van der Waals surface area contributed by atoms with Crippen molar-refractivity contribution in [2.75, 3.05) is 7.11 Å². The molecule has 0 heterocycles. The molecule has 0 aliphatic heterocycles. The Hall–Kier alpha value is -2.08. The maximum absolute atomic E-state index is 12.3. The molecule has 6 heteroatoms. The smallest absolute Gasteiger partial charge is 0.339 e. The monoisotopic (exact) mass is 293 g/mol. The molecular formula is C15H19NO5. The third kappa shape index (κ3) is 2.85. The normalized spacial score (nSPS) is 24.1. The molecule has 21 heavy (non-hydrogen) atoms. The van der Waals surface area contributed by atoms with Gasteiger partial charge in [-0.25, -0.2) is 4.79 Å². The van der Waals surface area contributed by atoms with E-state index < -0.39 is 11.6 Å². The molecule has 1 saturated carbocycles. The van der Waals surface area contributed by atoms with E-state index in [-0.39, 0.29) is 28.8 Å². The van der Waals surface area contributed by atoms with Crippen LogP contribution in [0, 0.1) is 6.92 Å². The number of amides is 1. The molecule has 1 aromatic rings. The molecule has 0 saturated heterocycles. The maximum Gasteiger partial charge on any atom is 0.339 e. The van der Waals surface area contributed by atoms with Crippen molar-refractivity contribution in [3.05, 3.63) is 28.8 Å². The molecular weight excluding hydrogens is 274 g/mol. The van der Waals surface area contributed by atoms with Crippen molar-refractivity contribution in [1.82, 2.24) is 5.32 Å². The van der Waals surface area contributed by atoms with Gasteiger partial charge in [0.15, 0.2) is 0 Å². The van der Waals surface area contributed by atoms with E-state index in [1.165, 1.54) is 19.2 Å². The summed E-state index contributed by atoms with van der Waals surface area (Å²) in [7, 11) is 1.38. The summed E-state index contributed by atoms with van der Waals surface area (Å²) in [6, 6.07) is 2.52. The van der Waals surface area contributed by atoms with E-state index >= 15 is 0 Å². The summed E-state index contributed by atoms with van der Waals surface area (Å²) in [6.07, 6.45) is 1.35. The van der Waals surface area contributed by atoms with E-state index in [1.54, 1.807) is 13.8 Å². The van der Waals surface area contributed by atoms with Crippen molar-refractivity contribution in [2.45, 2.75) is 38.3 Å². The number of carboxylic acids is 1. The number of ether oxygens (including phenoxy) is 1. The van der Waals surface area contributed by atoms with Crippen molar-refractivity contribution < 1.29 is 24.5 Å². The summed E-state index contributed by atoms with van der Waals surface area (Å²) in [6.45, 7) is 3.38. The predicted octanol–water partition coefficient (Wildman–Crippen LogP) is 1.35. The zero-order chi connectivity index (χ0) is 15.8. The Labute approximate surface area is 122 Å². The number of benzene rings is 1. The summed E-state index contributed by atoms with van der Waals surface area (Å²) in [5, 5.41) is 21.8. The van der Waals surface area contributed by atoms with Crippen LogP contribution in [0.1, 0.15) is 46.0 Å². The lowest BCUT2D eigenvalue weighted by Gasteiger charge is -2.43. The summed E-state index contributed by atoms with van der Waals surface area (Å²) in [4.78, 5) is 23.5. The number of carbonyl (C=O) groups is 2. The number of carbonyl (C=O) groups excluding carboxylic acids is 1. The number of aryl methyl sites for hydroxylation is 1. The van der Waals surface area contributed by atoms with Gasteiger partial charge < -0.3 is 20.3 Å². The van der Waals surface area contributed by atoms with Gasteiger partial charge in [0.2, 0.25) is 0 Å². The van der Waals surface area contributed by atoms with Crippen LogP contribution in [0.15, 0.2) is 12.1 Å². The van der Waals surface area contributed by atoms with E-state index in [0.29, 0.717) is 18.4 Å². The number of aromatic carboxylic acids is 1. The number of hydrogen-bond acceptors (Lipinski definition) is 4. The van der Waals surface area contributed by atoms with Crippen LogP contribution in [0.5, 0.6) is 5.75 Å². The van der Waals surface area contributed by atoms with E-state index in [9.17, 15) is 14.7 Å². The molecule has 2 rings (SSSR count). The maximum atomic E-state index is 12.3. The Morgan fingerprint density at radius 2 is 2.05 bits per heavy atom. The average Bonchev–Trinajstić information content (AvgIpc) is 2.42. The Morgan fingerprint density at radius 3 is 2.48 bits per heavy atom. The fraction of sp³-hybridized carbons (Fsp3) is 0.467. The second kappa shape index (κ2) is 5.37. The summed E-state index contributed by atoms with van der Waals surface area (Å²) in [5.74, 6) is -1.33. The second-order valence-electron chi connectivity index (χ2n) is 5.59. The zero-order valence-corrected chi connectivity index (χ0v) is 12.3. The highest BCUT2D eigenvalue weighted by atomic mass is 16.5. The molecule has 1 fully saturated rings. The van der Waals surface area contributed by atoms with Gasteiger partial charge in [0.05, 0.1) is 18.8 Å². The summed E-state index contributed by atoms with van der Waals surface area (Å²) in [5.41, 5.74) is -0.0658. The van der Waals surface area contributed by atoms with Crippen molar-refractivity contribution in [3.8, 4) is 5.75 Å². The molecule has 1 aliphatic rings. The van der Waals surface area contributed by atoms with Gasteiger partial charge in [0, 0.05) is 5.56 Å². The molecule has 1 aromatic carbocycles. The minimum absolute atomic E-state index is 0.0615. The number of nitrogens with one attached hydrogen (secondary N) is 1. The van der Waals surface area contributed by atoms with Gasteiger partial charge in [-0.1, -0.05) is 0 Å². The lowest BCUT2D eigenvalue weighted by Crippen LogP contribution is -2.58. The lowest BCUT2D eigenvalue weighted by atomic mass is 9.76. The molecule has 6 nitrogen and oxygen atoms in total. The van der Waals surface area contributed by atoms with Crippen LogP contribution in [-0.4, -0.2) is 40.8 Å². The van der Waals surface area contributed by atoms with Gasteiger partial charge in [-0.15, -0.1) is 0 Å². The summed E-state index contributed by atoms with van der Waals surface area (Å²) >= 11 is 0. The molecule has 0 spiro atoms. The van der Waals surface area contributed by atoms with Gasteiger partial charge in [-0.05, 0) is 44.4 Å². The van der Waals surface area contributed by atoms with Crippen molar-refractivity contribution in [2.24, 2.45) is 0 Å². The van der Waals surface area contributed by atoms with E-state index in [4.69, 9.17) is 9.84 Å². The second-order valence-corrected chi connectivity index (χ2v) is 5.59. The molecule has 0 radical (unpaired) electrons. The van der Waals surface area contributed by atoms with Crippen LogP contribution in [0.25, 0.3) is 0 Å². The third-order valence-electron chi connectivity index (χ3n) is 4.02. The minimum atomic E-state index is -1.16. The first kappa shape index (κ1) is 15.3. The van der Waals surface area contributed by atoms with Gasteiger partial charge >= 0.3 is 5.97 Å². The first-order chi connectivity index (χ1) is 9.76. The lowest BCUT2D eigenvalue weighted by molar-refractivity contribution is -0.0487. The van der Waals surface area contributed by atoms with Gasteiger partial charge in [-0.2, -0.15) is 0 Å². The number of rotatable bonds is 4. The SMILES string of the molecule is COc1cc(C)c(C(=O)N[C@@H]2CC[C@@]2(C)O)cc1C(=O)O. The Morgan fingerprint density at radius 1 is 1.38 bits per heavy atom. The van der Waals surface area contributed by atoms with Crippen LogP contribution >= 0.6 is 0 Å². The molecule has 1 aliphatic carbocycles. The van der Waals surface area contributed by atoms with Gasteiger partial charge in [0.1, 0.15) is 11.3 Å². The molecule has 3 N–H and O–H groups in total. The highest BCUT2D eigenvalue weighted by Gasteiger charge is 2.42. The first-order valence-corrected chi connectivity index (χ1v) is 6.71. The Kier molecular flexibility index (Phi) is 3.91.